The van der Waals surface area contributed by atoms with Crippen molar-refractivity contribution >= 4 is 28.6 Å². The Morgan fingerprint density at radius 1 is 1.13 bits per heavy atom. The molecule has 1 aliphatic heterocycles. The van der Waals surface area contributed by atoms with E-state index in [1.54, 1.807) is 25.1 Å². The number of methoxy groups -OCH3 is 1. The first-order chi connectivity index (χ1) is 14.7. The van der Waals surface area contributed by atoms with Crippen molar-refractivity contribution in [3.8, 4) is 11.5 Å². The van der Waals surface area contributed by atoms with Crippen molar-refractivity contribution in [2.75, 3.05) is 13.7 Å². The quantitative estimate of drug-likeness (QED) is 0.282. The molecule has 11 heteroatoms. The van der Waals surface area contributed by atoms with Gasteiger partial charge in [0.05, 0.1) is 41.1 Å². The van der Waals surface area contributed by atoms with Crippen LogP contribution in [0.2, 0.25) is 0 Å². The highest BCUT2D eigenvalue weighted by Crippen LogP contribution is 2.39. The first-order valence-corrected chi connectivity index (χ1v) is 10.4. The number of fused-ring (bicyclic) bond motifs is 1. The highest BCUT2D eigenvalue weighted by atomic mass is 32.2. The van der Waals surface area contributed by atoms with Gasteiger partial charge in [-0.3, -0.25) is 24.6 Å². The second-order valence-corrected chi connectivity index (χ2v) is 8.03. The van der Waals surface area contributed by atoms with Gasteiger partial charge in [0.2, 0.25) is 0 Å². The van der Waals surface area contributed by atoms with Gasteiger partial charge in [-0.1, -0.05) is 6.07 Å². The molecule has 2 aromatic carbocycles. The maximum absolute atomic E-state index is 13.1. The second kappa shape index (κ2) is 8.82. The Morgan fingerprint density at radius 2 is 1.81 bits per heavy atom. The Bertz CT molecular complexity index is 1090. The summed E-state index contributed by atoms with van der Waals surface area (Å²) in [6.07, 6.45) is 0. The average molecular weight is 448 g/mol. The first kappa shape index (κ1) is 22.4. The molecular weight excluding hydrogens is 428 g/mol. The number of rotatable bonds is 8. The van der Waals surface area contributed by atoms with Crippen LogP contribution in [-0.4, -0.2) is 49.4 Å². The normalized spacial score (nSPS) is 15.9. The Balaban J connectivity index is 2.13. The summed E-state index contributed by atoms with van der Waals surface area (Å²) in [6, 6.07) is 6.95. The lowest BCUT2D eigenvalue weighted by molar-refractivity contribution is -0.384. The summed E-state index contributed by atoms with van der Waals surface area (Å²) in [5, 5.41) is 10.0. The van der Waals surface area contributed by atoms with Gasteiger partial charge in [0.25, 0.3) is 17.5 Å². The van der Waals surface area contributed by atoms with E-state index in [4.69, 9.17) is 9.47 Å². The van der Waals surface area contributed by atoms with Crippen LogP contribution in [0, 0.1) is 10.1 Å². The molecule has 1 heterocycles. The van der Waals surface area contributed by atoms with Gasteiger partial charge in [0, 0.05) is 12.1 Å². The molecule has 164 valence electrons. The average Bonchev–Trinajstić information content (AvgIpc) is 2.99. The number of benzene rings is 2. The molecule has 0 radical (unpaired) electrons. The Hall–Kier alpha value is -3.31. The van der Waals surface area contributed by atoms with E-state index in [1.165, 1.54) is 20.1 Å². The minimum Gasteiger partial charge on any atom is -0.493 e. The van der Waals surface area contributed by atoms with Gasteiger partial charge in [-0.05, 0) is 37.6 Å². The molecule has 2 amide bonds. The van der Waals surface area contributed by atoms with Crippen molar-refractivity contribution in [3.05, 3.63) is 63.2 Å². The van der Waals surface area contributed by atoms with E-state index in [0.717, 1.165) is 17.0 Å². The second-order valence-electron chi connectivity index (χ2n) is 6.74. The van der Waals surface area contributed by atoms with Crippen molar-refractivity contribution in [1.29, 1.82) is 0 Å². The lowest BCUT2D eigenvalue weighted by Gasteiger charge is -2.30. The smallest absolute Gasteiger partial charge is 0.270 e. The molecule has 0 spiro atoms. The van der Waals surface area contributed by atoms with Crippen LogP contribution in [0.1, 0.15) is 46.2 Å². The Labute approximate surface area is 180 Å². The minimum absolute atomic E-state index is 0.00457. The van der Waals surface area contributed by atoms with Crippen molar-refractivity contribution in [2.45, 2.75) is 25.1 Å². The van der Waals surface area contributed by atoms with Gasteiger partial charge < -0.3 is 14.0 Å². The number of nitrogens with zero attached hydrogens (tertiary/aromatic N) is 2. The topological polar surface area (TPSA) is 136 Å². The van der Waals surface area contributed by atoms with Crippen molar-refractivity contribution in [2.24, 2.45) is 0 Å². The van der Waals surface area contributed by atoms with Gasteiger partial charge >= 0.3 is 0 Å². The standard InChI is InChI=1S/C20H20N2O8S/c1-4-30-17-9-12(5-8-16(17)29-3)18(11(2)31(27)28)21-19(23)14-7-6-13(22(25)26)10-15(14)20(21)24/h5-11,18H,4H2,1-3H3,(H,27,28). The summed E-state index contributed by atoms with van der Waals surface area (Å²) in [6.45, 7) is 3.52. The molecule has 0 aliphatic carbocycles. The van der Waals surface area contributed by atoms with Gasteiger partial charge in [-0.25, -0.2) is 4.21 Å². The SMILES string of the molecule is CCOc1cc(C(C(C)S(=O)O)N2C(=O)c3ccc([N+](=O)[O-])cc3C2=O)ccc1OC. The molecule has 0 fully saturated rings. The van der Waals surface area contributed by atoms with Crippen LogP contribution in [-0.2, 0) is 11.1 Å². The monoisotopic (exact) mass is 448 g/mol. The molecule has 0 bridgehead atoms. The summed E-state index contributed by atoms with van der Waals surface area (Å²) < 4.78 is 32.5. The Kier molecular flexibility index (Phi) is 6.37. The van der Waals surface area contributed by atoms with Crippen LogP contribution < -0.4 is 9.47 Å². The Morgan fingerprint density at radius 3 is 2.39 bits per heavy atom. The molecule has 1 aliphatic rings. The van der Waals surface area contributed by atoms with Crippen LogP contribution in [0.5, 0.6) is 11.5 Å². The van der Waals surface area contributed by atoms with Gasteiger partial charge in [0.1, 0.15) is 0 Å². The van der Waals surface area contributed by atoms with Crippen LogP contribution in [0.4, 0.5) is 5.69 Å². The van der Waals surface area contributed by atoms with Crippen LogP contribution in [0.25, 0.3) is 0 Å². The predicted molar refractivity (Wildman–Crippen MR) is 111 cm³/mol. The van der Waals surface area contributed by atoms with E-state index in [9.17, 15) is 28.5 Å². The zero-order chi connectivity index (χ0) is 22.9. The number of hydrogen-bond acceptors (Lipinski definition) is 7. The molecule has 0 saturated carbocycles. The van der Waals surface area contributed by atoms with Crippen molar-refractivity contribution in [3.63, 3.8) is 0 Å². The molecule has 3 rings (SSSR count). The zero-order valence-electron chi connectivity index (χ0n) is 16.9. The minimum atomic E-state index is -2.39. The summed E-state index contributed by atoms with van der Waals surface area (Å²) in [5.74, 6) is -0.721. The number of carbonyl (C=O) groups is 2. The first-order valence-electron chi connectivity index (χ1n) is 9.28. The predicted octanol–water partition coefficient (Wildman–Crippen LogP) is 2.95. The fraction of sp³-hybridized carbons (Fsp3) is 0.300. The highest BCUT2D eigenvalue weighted by molar-refractivity contribution is 7.79. The molecule has 0 aromatic heterocycles. The number of ether oxygens (including phenoxy) is 2. The van der Waals surface area contributed by atoms with E-state index in [0.29, 0.717) is 23.7 Å². The maximum atomic E-state index is 13.1. The molecule has 2 aromatic rings. The van der Waals surface area contributed by atoms with E-state index < -0.39 is 39.1 Å². The van der Waals surface area contributed by atoms with Crippen LogP contribution in [0.15, 0.2) is 36.4 Å². The van der Waals surface area contributed by atoms with Gasteiger partial charge in [-0.2, -0.15) is 0 Å². The number of non-ortho nitro benzene ring substituents is 1. The summed E-state index contributed by atoms with van der Waals surface area (Å²) in [5.41, 5.74) is -0.0861. The van der Waals surface area contributed by atoms with E-state index in [1.807, 2.05) is 0 Å². The van der Waals surface area contributed by atoms with Crippen LogP contribution >= 0.6 is 0 Å². The zero-order valence-corrected chi connectivity index (χ0v) is 17.8. The number of amides is 2. The number of nitro groups is 1. The molecular formula is C20H20N2O8S. The summed E-state index contributed by atoms with van der Waals surface area (Å²) >= 11 is -2.39. The fourth-order valence-corrected chi connectivity index (χ4v) is 4.00. The molecule has 0 saturated heterocycles. The largest absolute Gasteiger partial charge is 0.493 e. The molecule has 31 heavy (non-hydrogen) atoms. The third-order valence-corrected chi connectivity index (χ3v) is 5.88. The molecule has 1 N–H and O–H groups in total. The lowest BCUT2D eigenvalue weighted by atomic mass is 10.0. The molecule has 10 nitrogen and oxygen atoms in total. The summed E-state index contributed by atoms with van der Waals surface area (Å²) in [7, 11) is 1.46. The number of carbonyl (C=O) groups excluding carboxylic acids is 2. The van der Waals surface area contributed by atoms with E-state index in [-0.39, 0.29) is 16.8 Å². The van der Waals surface area contributed by atoms with Crippen molar-refractivity contribution in [1.82, 2.24) is 4.90 Å². The maximum Gasteiger partial charge on any atom is 0.270 e. The van der Waals surface area contributed by atoms with Crippen LogP contribution in [0.3, 0.4) is 0 Å². The summed E-state index contributed by atoms with van der Waals surface area (Å²) in [4.78, 5) is 37.4. The number of nitro benzene ring substituents is 1. The van der Waals surface area contributed by atoms with Crippen molar-refractivity contribution < 1.29 is 32.7 Å². The third-order valence-electron chi connectivity index (χ3n) is 4.98. The van der Waals surface area contributed by atoms with E-state index >= 15 is 0 Å². The highest BCUT2D eigenvalue weighted by Gasteiger charge is 2.44. The number of hydrogen-bond donors (Lipinski definition) is 1. The third kappa shape index (κ3) is 4.01. The molecule has 3 unspecified atom stereocenters. The van der Waals surface area contributed by atoms with E-state index in [2.05, 4.69) is 0 Å². The molecule has 3 atom stereocenters. The lowest BCUT2D eigenvalue weighted by Crippen LogP contribution is -2.41. The number of imide groups is 1. The van der Waals surface area contributed by atoms with Gasteiger partial charge in [-0.15, -0.1) is 0 Å². The fourth-order valence-electron chi connectivity index (χ4n) is 3.50. The van der Waals surface area contributed by atoms with Gasteiger partial charge in [0.15, 0.2) is 22.6 Å².